The van der Waals surface area contributed by atoms with Gasteiger partial charge >= 0.3 is 5.97 Å². The summed E-state index contributed by atoms with van der Waals surface area (Å²) in [5.41, 5.74) is 0.311. The molecule has 0 radical (unpaired) electrons. The average Bonchev–Trinajstić information content (AvgIpc) is 2.69. The third-order valence-corrected chi connectivity index (χ3v) is 4.50. The molecule has 1 aromatic carbocycles. The molecular weight excluding hydrogens is 334 g/mol. The molecule has 0 N–H and O–H groups in total. The number of carbonyl (C=O) groups is 2. The SMILES string of the molecule is C=CCOc1ccc(C(=O)OCC(=O)N2CCCCC2CC)cc1OC. The predicted molar refractivity (Wildman–Crippen MR) is 98.6 cm³/mol. The van der Waals surface area contributed by atoms with Crippen LogP contribution in [0, 0.1) is 0 Å². The molecule has 0 saturated carbocycles. The van der Waals surface area contributed by atoms with Crippen LogP contribution in [0.3, 0.4) is 0 Å². The van der Waals surface area contributed by atoms with Gasteiger partial charge in [0.1, 0.15) is 6.61 Å². The maximum Gasteiger partial charge on any atom is 0.338 e. The van der Waals surface area contributed by atoms with Crippen molar-refractivity contribution in [3.8, 4) is 11.5 Å². The van der Waals surface area contributed by atoms with Crippen molar-refractivity contribution < 1.29 is 23.8 Å². The predicted octanol–water partition coefficient (Wildman–Crippen LogP) is 3.21. The quantitative estimate of drug-likeness (QED) is 0.525. The zero-order valence-corrected chi connectivity index (χ0v) is 15.5. The lowest BCUT2D eigenvalue weighted by Gasteiger charge is -2.35. The van der Waals surface area contributed by atoms with Crippen LogP contribution in [0.1, 0.15) is 43.0 Å². The highest BCUT2D eigenvalue weighted by atomic mass is 16.5. The van der Waals surface area contributed by atoms with Gasteiger partial charge in [0.25, 0.3) is 5.91 Å². The van der Waals surface area contributed by atoms with E-state index in [1.54, 1.807) is 24.3 Å². The molecule has 1 heterocycles. The van der Waals surface area contributed by atoms with E-state index in [4.69, 9.17) is 14.2 Å². The second kappa shape index (κ2) is 9.85. The number of rotatable bonds is 8. The number of benzene rings is 1. The zero-order valence-electron chi connectivity index (χ0n) is 15.5. The molecule has 26 heavy (non-hydrogen) atoms. The van der Waals surface area contributed by atoms with Crippen LogP contribution in [0.2, 0.25) is 0 Å². The van der Waals surface area contributed by atoms with Crippen LogP contribution in [0.25, 0.3) is 0 Å². The van der Waals surface area contributed by atoms with Gasteiger partial charge in [0, 0.05) is 12.6 Å². The molecule has 1 aromatic rings. The Balaban J connectivity index is 1.96. The summed E-state index contributed by atoms with van der Waals surface area (Å²) in [5.74, 6) is 0.244. The van der Waals surface area contributed by atoms with Crippen LogP contribution in [-0.4, -0.2) is 49.7 Å². The molecule has 0 aromatic heterocycles. The summed E-state index contributed by atoms with van der Waals surface area (Å²) in [7, 11) is 1.50. The van der Waals surface area contributed by atoms with Crippen molar-refractivity contribution in [1.29, 1.82) is 0 Å². The number of carbonyl (C=O) groups excluding carboxylic acids is 2. The number of esters is 1. The standard InChI is InChI=1S/C20H27NO5/c1-4-12-25-17-10-9-15(13-18(17)24-3)20(23)26-14-19(22)21-11-7-6-8-16(21)5-2/h4,9-10,13,16H,1,5-8,11-12,14H2,2-3H3. The molecule has 2 rings (SSSR count). The number of likely N-dealkylation sites (tertiary alicyclic amines) is 1. The van der Waals surface area contributed by atoms with Crippen molar-refractivity contribution in [3.63, 3.8) is 0 Å². The second-order valence-electron chi connectivity index (χ2n) is 6.19. The van der Waals surface area contributed by atoms with E-state index in [0.717, 1.165) is 32.2 Å². The first-order chi connectivity index (χ1) is 12.6. The summed E-state index contributed by atoms with van der Waals surface area (Å²) in [6, 6.07) is 5.01. The lowest BCUT2D eigenvalue weighted by atomic mass is 10.00. The Kier molecular flexibility index (Phi) is 7.51. The van der Waals surface area contributed by atoms with Crippen molar-refractivity contribution >= 4 is 11.9 Å². The van der Waals surface area contributed by atoms with Gasteiger partial charge in [0.15, 0.2) is 18.1 Å². The fraction of sp³-hybridized carbons (Fsp3) is 0.500. The summed E-state index contributed by atoms with van der Waals surface area (Å²) < 4.78 is 15.9. The molecule has 0 bridgehead atoms. The van der Waals surface area contributed by atoms with Crippen LogP contribution >= 0.6 is 0 Å². The van der Waals surface area contributed by atoms with E-state index in [9.17, 15) is 9.59 Å². The van der Waals surface area contributed by atoms with Gasteiger partial charge in [-0.05, 0) is 43.9 Å². The minimum atomic E-state index is -0.558. The minimum Gasteiger partial charge on any atom is -0.493 e. The van der Waals surface area contributed by atoms with Gasteiger partial charge in [-0.1, -0.05) is 19.6 Å². The topological polar surface area (TPSA) is 65.1 Å². The molecule has 6 heteroatoms. The molecule has 1 amide bonds. The van der Waals surface area contributed by atoms with E-state index in [1.165, 1.54) is 7.11 Å². The van der Waals surface area contributed by atoms with Gasteiger partial charge in [-0.25, -0.2) is 4.79 Å². The average molecular weight is 361 g/mol. The first kappa shape index (κ1) is 19.8. The van der Waals surface area contributed by atoms with Gasteiger partial charge in [-0.3, -0.25) is 4.79 Å². The zero-order chi connectivity index (χ0) is 18.9. The Labute approximate surface area is 154 Å². The number of ether oxygens (including phenoxy) is 3. The molecule has 6 nitrogen and oxygen atoms in total. The molecule has 1 aliphatic heterocycles. The van der Waals surface area contributed by atoms with Crippen LogP contribution in [0.5, 0.6) is 11.5 Å². The molecule has 1 aliphatic rings. The van der Waals surface area contributed by atoms with Crippen LogP contribution in [0.4, 0.5) is 0 Å². The number of nitrogens with zero attached hydrogens (tertiary/aromatic N) is 1. The molecule has 1 atom stereocenters. The van der Waals surface area contributed by atoms with E-state index >= 15 is 0 Å². The van der Waals surface area contributed by atoms with Crippen molar-refractivity contribution in [2.75, 3.05) is 26.9 Å². The summed E-state index contributed by atoms with van der Waals surface area (Å²) in [6.07, 6.45) is 5.70. The first-order valence-corrected chi connectivity index (χ1v) is 8.99. The normalized spacial score (nSPS) is 16.7. The number of methoxy groups -OCH3 is 1. The number of hydrogen-bond donors (Lipinski definition) is 0. The summed E-state index contributed by atoms with van der Waals surface area (Å²) >= 11 is 0. The highest BCUT2D eigenvalue weighted by Gasteiger charge is 2.26. The Morgan fingerprint density at radius 3 is 2.81 bits per heavy atom. The molecule has 1 unspecified atom stereocenters. The minimum absolute atomic E-state index is 0.136. The van der Waals surface area contributed by atoms with Gasteiger partial charge in [-0.2, -0.15) is 0 Å². The smallest absolute Gasteiger partial charge is 0.338 e. The number of piperidine rings is 1. The van der Waals surface area contributed by atoms with E-state index in [0.29, 0.717) is 23.7 Å². The van der Waals surface area contributed by atoms with Crippen molar-refractivity contribution in [2.45, 2.75) is 38.6 Å². The van der Waals surface area contributed by atoms with E-state index < -0.39 is 5.97 Å². The Morgan fingerprint density at radius 1 is 1.31 bits per heavy atom. The summed E-state index contributed by atoms with van der Waals surface area (Å²) in [6.45, 7) is 6.49. The van der Waals surface area contributed by atoms with E-state index in [-0.39, 0.29) is 18.6 Å². The summed E-state index contributed by atoms with van der Waals surface area (Å²) in [4.78, 5) is 26.5. The maximum absolute atomic E-state index is 12.4. The summed E-state index contributed by atoms with van der Waals surface area (Å²) in [5, 5.41) is 0. The highest BCUT2D eigenvalue weighted by molar-refractivity contribution is 5.92. The second-order valence-corrected chi connectivity index (χ2v) is 6.19. The van der Waals surface area contributed by atoms with Crippen LogP contribution in [-0.2, 0) is 9.53 Å². The van der Waals surface area contributed by atoms with E-state index in [1.807, 2.05) is 4.90 Å². The van der Waals surface area contributed by atoms with Gasteiger partial charge in [-0.15, -0.1) is 0 Å². The molecule has 142 valence electrons. The third-order valence-electron chi connectivity index (χ3n) is 4.50. The van der Waals surface area contributed by atoms with Crippen molar-refractivity contribution in [3.05, 3.63) is 36.4 Å². The Morgan fingerprint density at radius 2 is 2.12 bits per heavy atom. The first-order valence-electron chi connectivity index (χ1n) is 8.99. The van der Waals surface area contributed by atoms with Gasteiger partial charge in [0.2, 0.25) is 0 Å². The molecule has 0 aliphatic carbocycles. The fourth-order valence-electron chi connectivity index (χ4n) is 3.11. The van der Waals surface area contributed by atoms with Crippen LogP contribution in [0.15, 0.2) is 30.9 Å². The molecule has 0 spiro atoms. The number of amides is 1. The highest BCUT2D eigenvalue weighted by Crippen LogP contribution is 2.28. The molecular formula is C20H27NO5. The third kappa shape index (κ3) is 5.00. The fourth-order valence-corrected chi connectivity index (χ4v) is 3.11. The Hall–Kier alpha value is -2.50. The largest absolute Gasteiger partial charge is 0.493 e. The van der Waals surface area contributed by atoms with Crippen molar-refractivity contribution in [2.24, 2.45) is 0 Å². The lowest BCUT2D eigenvalue weighted by Crippen LogP contribution is -2.45. The van der Waals surface area contributed by atoms with Gasteiger partial charge in [0.05, 0.1) is 12.7 Å². The molecule has 1 saturated heterocycles. The van der Waals surface area contributed by atoms with Crippen molar-refractivity contribution in [1.82, 2.24) is 4.90 Å². The van der Waals surface area contributed by atoms with E-state index in [2.05, 4.69) is 13.5 Å². The maximum atomic E-state index is 12.4. The van der Waals surface area contributed by atoms with Crippen LogP contribution < -0.4 is 9.47 Å². The monoisotopic (exact) mass is 361 g/mol. The van der Waals surface area contributed by atoms with Gasteiger partial charge < -0.3 is 19.1 Å². The molecule has 1 fully saturated rings. The number of hydrogen-bond acceptors (Lipinski definition) is 5. The lowest BCUT2D eigenvalue weighted by molar-refractivity contribution is -0.138. The Bertz CT molecular complexity index is 643.